The standard InChI is InChI=1S/C5H9O7P/c1-3(2-6)4(7)5(8)12-13(9,10)11/h3,6H,2H2,1H3,(H2,9,10,11). The molecule has 0 spiro atoms. The van der Waals surface area contributed by atoms with Crippen LogP contribution in [0.1, 0.15) is 6.92 Å². The van der Waals surface area contributed by atoms with E-state index in [2.05, 4.69) is 4.52 Å². The molecule has 0 aliphatic heterocycles. The molecule has 0 radical (unpaired) electrons. The molecule has 0 bridgehead atoms. The van der Waals surface area contributed by atoms with Gasteiger partial charge < -0.3 is 9.63 Å². The minimum Gasteiger partial charge on any atom is -0.396 e. The van der Waals surface area contributed by atoms with Crippen LogP contribution < -0.4 is 0 Å². The zero-order chi connectivity index (χ0) is 10.6. The summed E-state index contributed by atoms with van der Waals surface area (Å²) in [6.45, 7) is 0.637. The van der Waals surface area contributed by atoms with Crippen molar-refractivity contribution in [2.24, 2.45) is 5.92 Å². The maximum Gasteiger partial charge on any atom is 0.527 e. The van der Waals surface area contributed by atoms with Gasteiger partial charge in [-0.2, -0.15) is 0 Å². The fourth-order valence-corrected chi connectivity index (χ4v) is 0.743. The van der Waals surface area contributed by atoms with Crippen molar-refractivity contribution in [2.45, 2.75) is 6.92 Å². The maximum atomic E-state index is 10.8. The molecule has 0 aromatic rings. The van der Waals surface area contributed by atoms with E-state index in [9.17, 15) is 14.2 Å². The number of hydrogen-bond donors (Lipinski definition) is 3. The van der Waals surface area contributed by atoms with E-state index in [-0.39, 0.29) is 0 Å². The van der Waals surface area contributed by atoms with Crippen molar-refractivity contribution in [1.82, 2.24) is 0 Å². The van der Waals surface area contributed by atoms with E-state index >= 15 is 0 Å². The largest absolute Gasteiger partial charge is 0.527 e. The van der Waals surface area contributed by atoms with Gasteiger partial charge in [0.2, 0.25) is 5.78 Å². The predicted octanol–water partition coefficient (Wildman–Crippen LogP) is -1.18. The topological polar surface area (TPSA) is 121 Å². The molecule has 13 heavy (non-hydrogen) atoms. The van der Waals surface area contributed by atoms with E-state index < -0.39 is 32.1 Å². The van der Waals surface area contributed by atoms with Gasteiger partial charge in [0, 0.05) is 5.92 Å². The average Bonchev–Trinajstić information content (AvgIpc) is 1.98. The van der Waals surface area contributed by atoms with Crippen LogP contribution in [-0.2, 0) is 18.7 Å². The van der Waals surface area contributed by atoms with Gasteiger partial charge in [0.25, 0.3) is 0 Å². The van der Waals surface area contributed by atoms with Crippen molar-refractivity contribution in [1.29, 1.82) is 0 Å². The Hall–Kier alpha value is -0.750. The number of aliphatic hydroxyl groups excluding tert-OH is 1. The lowest BCUT2D eigenvalue weighted by molar-refractivity contribution is -0.150. The zero-order valence-corrected chi connectivity index (χ0v) is 7.60. The predicted molar refractivity (Wildman–Crippen MR) is 39.4 cm³/mol. The summed E-state index contributed by atoms with van der Waals surface area (Å²) in [5, 5.41) is 8.43. The molecule has 0 heterocycles. The molecule has 0 fully saturated rings. The highest BCUT2D eigenvalue weighted by atomic mass is 31.2. The van der Waals surface area contributed by atoms with Crippen LogP contribution in [0.4, 0.5) is 0 Å². The first-order valence-corrected chi connectivity index (χ1v) is 4.75. The Labute approximate surface area is 73.6 Å². The minimum absolute atomic E-state index is 0.588. The fourth-order valence-electron chi connectivity index (χ4n) is 0.437. The molecule has 0 aromatic heterocycles. The van der Waals surface area contributed by atoms with Crippen molar-refractivity contribution < 1.29 is 33.6 Å². The molecular weight excluding hydrogens is 203 g/mol. The third-order valence-corrected chi connectivity index (χ3v) is 1.53. The van der Waals surface area contributed by atoms with Crippen molar-refractivity contribution in [3.8, 4) is 0 Å². The monoisotopic (exact) mass is 212 g/mol. The van der Waals surface area contributed by atoms with E-state index in [0.717, 1.165) is 0 Å². The number of phosphoric ester groups is 1. The molecule has 76 valence electrons. The molecule has 8 heteroatoms. The van der Waals surface area contributed by atoms with Gasteiger partial charge in [-0.3, -0.25) is 14.6 Å². The van der Waals surface area contributed by atoms with Gasteiger partial charge in [-0.05, 0) is 0 Å². The van der Waals surface area contributed by atoms with E-state index in [0.29, 0.717) is 0 Å². The lowest BCUT2D eigenvalue weighted by Crippen LogP contribution is -2.25. The Balaban J connectivity index is 4.29. The number of rotatable bonds is 4. The molecule has 1 atom stereocenters. The van der Waals surface area contributed by atoms with Crippen molar-refractivity contribution >= 4 is 19.6 Å². The van der Waals surface area contributed by atoms with E-state index in [1.54, 1.807) is 0 Å². The number of Topliss-reactive ketones (excluding diaryl/α,β-unsaturated/α-hetero) is 1. The first-order valence-electron chi connectivity index (χ1n) is 3.22. The highest BCUT2D eigenvalue weighted by Crippen LogP contribution is 2.36. The van der Waals surface area contributed by atoms with Crippen molar-refractivity contribution in [3.05, 3.63) is 0 Å². The summed E-state index contributed by atoms with van der Waals surface area (Å²) in [5.74, 6) is -3.85. The van der Waals surface area contributed by atoms with E-state index in [1.165, 1.54) is 6.92 Å². The number of carbonyl (C=O) groups is 2. The molecule has 0 amide bonds. The second kappa shape index (κ2) is 4.48. The Kier molecular flexibility index (Phi) is 4.22. The van der Waals surface area contributed by atoms with Crippen LogP contribution in [0.15, 0.2) is 0 Å². The number of aliphatic hydroxyl groups is 1. The van der Waals surface area contributed by atoms with Crippen LogP contribution in [0.3, 0.4) is 0 Å². The van der Waals surface area contributed by atoms with Crippen LogP contribution in [0, 0.1) is 5.92 Å². The molecular formula is C5H9O7P. The second-order valence-corrected chi connectivity index (χ2v) is 3.48. The smallest absolute Gasteiger partial charge is 0.396 e. The van der Waals surface area contributed by atoms with Crippen LogP contribution in [-0.4, -0.2) is 33.3 Å². The first kappa shape index (κ1) is 12.2. The normalized spacial score (nSPS) is 13.5. The highest BCUT2D eigenvalue weighted by Gasteiger charge is 2.29. The van der Waals surface area contributed by atoms with Crippen molar-refractivity contribution in [3.63, 3.8) is 0 Å². The summed E-state index contributed by atoms with van der Waals surface area (Å²) in [4.78, 5) is 37.6. The zero-order valence-electron chi connectivity index (χ0n) is 6.71. The number of hydrogen-bond acceptors (Lipinski definition) is 5. The van der Waals surface area contributed by atoms with Crippen LogP contribution in [0.5, 0.6) is 0 Å². The summed E-state index contributed by atoms with van der Waals surface area (Å²) in [6, 6.07) is 0. The molecule has 0 aliphatic carbocycles. The quantitative estimate of drug-likeness (QED) is 0.396. The van der Waals surface area contributed by atoms with Gasteiger partial charge in [-0.1, -0.05) is 6.92 Å². The summed E-state index contributed by atoms with van der Waals surface area (Å²) in [7, 11) is -4.98. The second-order valence-electron chi connectivity index (χ2n) is 2.32. The minimum atomic E-state index is -4.98. The van der Waals surface area contributed by atoms with Crippen molar-refractivity contribution in [2.75, 3.05) is 6.61 Å². The molecule has 0 saturated carbocycles. The SMILES string of the molecule is CC(CO)C(=O)C(=O)OP(=O)(O)O. The molecule has 0 aromatic carbocycles. The Morgan fingerprint density at radius 1 is 1.46 bits per heavy atom. The van der Waals surface area contributed by atoms with Gasteiger partial charge >= 0.3 is 13.8 Å². The summed E-state index contributed by atoms with van der Waals surface area (Å²) >= 11 is 0. The number of ketones is 1. The molecule has 7 nitrogen and oxygen atoms in total. The third-order valence-electron chi connectivity index (χ3n) is 1.12. The lowest BCUT2D eigenvalue weighted by Gasteiger charge is -2.06. The third kappa shape index (κ3) is 4.74. The van der Waals surface area contributed by atoms with Crippen LogP contribution in [0.25, 0.3) is 0 Å². The van der Waals surface area contributed by atoms with Gasteiger partial charge in [0.05, 0.1) is 6.61 Å². The van der Waals surface area contributed by atoms with E-state index in [4.69, 9.17) is 14.9 Å². The Morgan fingerprint density at radius 2 is 1.92 bits per heavy atom. The molecule has 0 rings (SSSR count). The average molecular weight is 212 g/mol. The van der Waals surface area contributed by atoms with Gasteiger partial charge in [-0.25, -0.2) is 9.36 Å². The molecule has 0 aliphatic rings. The first-order chi connectivity index (χ1) is 5.78. The summed E-state index contributed by atoms with van der Waals surface area (Å²) in [5.41, 5.74) is 0. The Bertz CT molecular complexity index is 254. The summed E-state index contributed by atoms with van der Waals surface area (Å²) in [6.07, 6.45) is 0. The highest BCUT2D eigenvalue weighted by molar-refractivity contribution is 7.47. The van der Waals surface area contributed by atoms with Crippen LogP contribution in [0.2, 0.25) is 0 Å². The molecule has 1 unspecified atom stereocenters. The van der Waals surface area contributed by atoms with E-state index in [1.807, 2.05) is 0 Å². The van der Waals surface area contributed by atoms with Gasteiger partial charge in [-0.15, -0.1) is 0 Å². The number of carbonyl (C=O) groups excluding carboxylic acids is 2. The van der Waals surface area contributed by atoms with Gasteiger partial charge in [0.15, 0.2) is 0 Å². The number of phosphoric acid groups is 1. The molecule has 3 N–H and O–H groups in total. The molecule has 0 saturated heterocycles. The lowest BCUT2D eigenvalue weighted by atomic mass is 10.1. The maximum absolute atomic E-state index is 10.8. The summed E-state index contributed by atoms with van der Waals surface area (Å²) < 4.78 is 13.6. The van der Waals surface area contributed by atoms with Crippen LogP contribution >= 0.6 is 7.82 Å². The Morgan fingerprint density at radius 3 is 2.23 bits per heavy atom. The van der Waals surface area contributed by atoms with Gasteiger partial charge in [0.1, 0.15) is 0 Å². The fraction of sp³-hybridized carbons (Fsp3) is 0.600.